The molecule has 0 saturated carbocycles. The Morgan fingerprint density at radius 3 is 2.62 bits per heavy atom. The van der Waals surface area contributed by atoms with Crippen LogP contribution < -0.4 is 15.9 Å². The second-order valence-corrected chi connectivity index (χ2v) is 5.81. The van der Waals surface area contributed by atoms with Gasteiger partial charge in [0.2, 0.25) is 10.0 Å². The van der Waals surface area contributed by atoms with Crippen LogP contribution in [0.25, 0.3) is 0 Å². The predicted molar refractivity (Wildman–Crippen MR) is 70.9 cm³/mol. The number of hydroxylamine groups is 1. The summed E-state index contributed by atoms with van der Waals surface area (Å²) in [5.74, 6) is -1.04. The molecule has 0 radical (unpaired) electrons. The lowest BCUT2D eigenvalue weighted by Crippen LogP contribution is -2.49. The first kappa shape index (κ1) is 17.0. The van der Waals surface area contributed by atoms with E-state index in [1.54, 1.807) is 0 Å². The van der Waals surface area contributed by atoms with Crippen molar-refractivity contribution in [3.05, 3.63) is 33.9 Å². The smallest absolute Gasteiger partial charge is 0.273 e. The summed E-state index contributed by atoms with van der Waals surface area (Å²) in [5, 5.41) is 19.3. The van der Waals surface area contributed by atoms with Gasteiger partial charge in [-0.3, -0.25) is 20.1 Å². The maximum absolute atomic E-state index is 12.1. The van der Waals surface area contributed by atoms with E-state index in [9.17, 15) is 23.3 Å². The number of benzene rings is 1. The van der Waals surface area contributed by atoms with Gasteiger partial charge < -0.3 is 5.73 Å². The van der Waals surface area contributed by atoms with Gasteiger partial charge in [0.15, 0.2) is 0 Å². The Kier molecular flexibility index (Phi) is 5.32. The molecule has 0 saturated heterocycles. The van der Waals surface area contributed by atoms with Crippen LogP contribution in [0.3, 0.4) is 0 Å². The number of nitrogens with one attached hydrogen (secondary N) is 2. The molecule has 0 bridgehead atoms. The highest BCUT2D eigenvalue weighted by Gasteiger charge is 2.26. The molecule has 0 fully saturated rings. The molecule has 5 N–H and O–H groups in total. The van der Waals surface area contributed by atoms with E-state index >= 15 is 0 Å². The van der Waals surface area contributed by atoms with Gasteiger partial charge in [-0.25, -0.2) is 13.9 Å². The van der Waals surface area contributed by atoms with Crippen molar-refractivity contribution >= 4 is 21.6 Å². The van der Waals surface area contributed by atoms with Crippen molar-refractivity contribution in [2.75, 3.05) is 6.54 Å². The van der Waals surface area contributed by atoms with Crippen LogP contribution in [0, 0.1) is 17.0 Å². The normalized spacial score (nSPS) is 12.7. The standard InChI is InChI=1S/C10H14N4O6S/c1-6-2-3-7(4-9(6)14(17)18)21(19,20)13-8(5-11)10(15)12-16/h2-4,8,13,16H,5,11H2,1H3,(H,12,15)/t8-/m0/s1. The topological polar surface area (TPSA) is 165 Å². The quantitative estimate of drug-likeness (QED) is 0.297. The number of aryl methyl sites for hydroxylation is 1. The summed E-state index contributed by atoms with van der Waals surface area (Å²) in [4.78, 5) is 20.9. The fraction of sp³-hybridized carbons (Fsp3) is 0.300. The summed E-state index contributed by atoms with van der Waals surface area (Å²) in [6, 6.07) is 1.91. The summed E-state index contributed by atoms with van der Waals surface area (Å²) in [6.45, 7) is 1.06. The van der Waals surface area contributed by atoms with Crippen molar-refractivity contribution in [2.45, 2.75) is 17.9 Å². The number of sulfonamides is 1. The molecule has 0 spiro atoms. The third-order valence-electron chi connectivity index (χ3n) is 2.65. The molecule has 1 amide bonds. The second-order valence-electron chi connectivity index (χ2n) is 4.09. The van der Waals surface area contributed by atoms with E-state index in [-0.39, 0.29) is 10.6 Å². The predicted octanol–water partition coefficient (Wildman–Crippen LogP) is -0.986. The van der Waals surface area contributed by atoms with Crippen molar-refractivity contribution in [3.63, 3.8) is 0 Å². The van der Waals surface area contributed by atoms with E-state index in [4.69, 9.17) is 10.9 Å². The van der Waals surface area contributed by atoms with Crippen molar-refractivity contribution in [1.29, 1.82) is 0 Å². The fourth-order valence-electron chi connectivity index (χ4n) is 1.49. The van der Waals surface area contributed by atoms with E-state index in [0.717, 1.165) is 12.1 Å². The molecule has 116 valence electrons. The Morgan fingerprint density at radius 2 is 2.14 bits per heavy atom. The summed E-state index contributed by atoms with van der Waals surface area (Å²) in [7, 11) is -4.21. The molecular formula is C10H14N4O6S. The first-order valence-electron chi connectivity index (χ1n) is 5.64. The summed E-state index contributed by atoms with van der Waals surface area (Å²) in [6.07, 6.45) is 0. The number of nitrogens with two attached hydrogens (primary N) is 1. The molecule has 11 heteroatoms. The number of hydrogen-bond donors (Lipinski definition) is 4. The van der Waals surface area contributed by atoms with Crippen molar-refractivity contribution in [1.82, 2.24) is 10.2 Å². The van der Waals surface area contributed by atoms with E-state index < -0.39 is 33.4 Å². The first-order chi connectivity index (χ1) is 9.72. The number of nitro benzene ring substituents is 1. The third kappa shape index (κ3) is 3.95. The van der Waals surface area contributed by atoms with Crippen molar-refractivity contribution in [2.24, 2.45) is 5.73 Å². The maximum atomic E-state index is 12.1. The van der Waals surface area contributed by atoms with Crippen LogP contribution in [0.4, 0.5) is 5.69 Å². The highest BCUT2D eigenvalue weighted by Crippen LogP contribution is 2.22. The van der Waals surface area contributed by atoms with E-state index in [1.807, 2.05) is 4.72 Å². The summed E-state index contributed by atoms with van der Waals surface area (Å²) in [5.41, 5.74) is 6.43. The zero-order valence-corrected chi connectivity index (χ0v) is 11.8. The molecule has 0 aromatic heterocycles. The molecule has 1 aromatic carbocycles. The molecule has 1 rings (SSSR count). The average molecular weight is 318 g/mol. The van der Waals surface area contributed by atoms with Gasteiger partial charge in [0, 0.05) is 18.2 Å². The van der Waals surface area contributed by atoms with Crippen LogP contribution >= 0.6 is 0 Å². The summed E-state index contributed by atoms with van der Waals surface area (Å²) < 4.78 is 26.1. The molecule has 0 aliphatic rings. The minimum Gasteiger partial charge on any atom is -0.328 e. The molecule has 21 heavy (non-hydrogen) atoms. The van der Waals surface area contributed by atoms with Crippen LogP contribution in [0.1, 0.15) is 5.56 Å². The lowest BCUT2D eigenvalue weighted by molar-refractivity contribution is -0.385. The highest BCUT2D eigenvalue weighted by atomic mass is 32.2. The molecule has 10 nitrogen and oxygen atoms in total. The Hall–Kier alpha value is -2.08. The zero-order valence-electron chi connectivity index (χ0n) is 10.9. The maximum Gasteiger partial charge on any atom is 0.273 e. The first-order valence-corrected chi connectivity index (χ1v) is 7.12. The Bertz CT molecular complexity index is 660. The van der Waals surface area contributed by atoms with Crippen LogP contribution in [-0.2, 0) is 14.8 Å². The molecule has 0 unspecified atom stereocenters. The molecule has 1 atom stereocenters. The lowest BCUT2D eigenvalue weighted by Gasteiger charge is -2.14. The number of amides is 1. The number of carbonyl (C=O) groups excluding carboxylic acids is 1. The van der Waals surface area contributed by atoms with Crippen LogP contribution in [-0.4, -0.2) is 37.0 Å². The van der Waals surface area contributed by atoms with Crippen molar-refractivity contribution < 1.29 is 23.3 Å². The van der Waals surface area contributed by atoms with Crippen LogP contribution in [0.15, 0.2) is 23.1 Å². The number of carbonyl (C=O) groups is 1. The molecule has 0 aliphatic heterocycles. The van der Waals surface area contributed by atoms with E-state index in [0.29, 0.717) is 5.56 Å². The minimum atomic E-state index is -4.21. The van der Waals surface area contributed by atoms with Gasteiger partial charge in [0.25, 0.3) is 11.6 Å². The van der Waals surface area contributed by atoms with Gasteiger partial charge in [-0.2, -0.15) is 4.72 Å². The Morgan fingerprint density at radius 1 is 1.52 bits per heavy atom. The number of nitro groups is 1. The monoisotopic (exact) mass is 318 g/mol. The van der Waals surface area contributed by atoms with Gasteiger partial charge in [-0.15, -0.1) is 0 Å². The van der Waals surface area contributed by atoms with Gasteiger partial charge >= 0.3 is 0 Å². The van der Waals surface area contributed by atoms with Gasteiger partial charge in [-0.1, -0.05) is 6.07 Å². The van der Waals surface area contributed by atoms with Crippen LogP contribution in [0.2, 0.25) is 0 Å². The number of hydrogen-bond acceptors (Lipinski definition) is 7. The molecule has 0 heterocycles. The van der Waals surface area contributed by atoms with Crippen molar-refractivity contribution in [3.8, 4) is 0 Å². The molecule has 0 aliphatic carbocycles. The largest absolute Gasteiger partial charge is 0.328 e. The third-order valence-corrected chi connectivity index (χ3v) is 4.12. The van der Waals surface area contributed by atoms with Crippen LogP contribution in [0.5, 0.6) is 0 Å². The SMILES string of the molecule is Cc1ccc(S(=O)(=O)N[C@@H](CN)C(=O)NO)cc1[N+](=O)[O-]. The zero-order chi connectivity index (χ0) is 16.2. The van der Waals surface area contributed by atoms with E-state index in [2.05, 4.69) is 0 Å². The lowest BCUT2D eigenvalue weighted by atomic mass is 10.2. The Balaban J connectivity index is 3.16. The fourth-order valence-corrected chi connectivity index (χ4v) is 2.72. The highest BCUT2D eigenvalue weighted by molar-refractivity contribution is 7.89. The Labute approximate surface area is 120 Å². The summed E-state index contributed by atoms with van der Waals surface area (Å²) >= 11 is 0. The molecular weight excluding hydrogens is 304 g/mol. The second kappa shape index (κ2) is 6.58. The minimum absolute atomic E-state index is 0.294. The van der Waals surface area contributed by atoms with Gasteiger partial charge in [0.1, 0.15) is 6.04 Å². The molecule has 1 aromatic rings. The number of nitrogens with zero attached hydrogens (tertiary/aromatic N) is 1. The average Bonchev–Trinajstić information content (AvgIpc) is 2.43. The van der Waals surface area contributed by atoms with Gasteiger partial charge in [0.05, 0.1) is 9.82 Å². The van der Waals surface area contributed by atoms with E-state index in [1.165, 1.54) is 18.5 Å². The van der Waals surface area contributed by atoms with Gasteiger partial charge in [-0.05, 0) is 13.0 Å². The number of rotatable bonds is 6.